The van der Waals surface area contributed by atoms with Crippen LogP contribution in [0.15, 0.2) is 16.7 Å². The van der Waals surface area contributed by atoms with E-state index in [9.17, 15) is 18.0 Å². The van der Waals surface area contributed by atoms with Gasteiger partial charge < -0.3 is 14.2 Å². The Morgan fingerprint density at radius 3 is 2.63 bits per heavy atom. The van der Waals surface area contributed by atoms with Gasteiger partial charge in [-0.3, -0.25) is 9.69 Å². The van der Waals surface area contributed by atoms with E-state index >= 15 is 0 Å². The summed E-state index contributed by atoms with van der Waals surface area (Å²) in [6.45, 7) is 5.87. The number of hydrogen-bond acceptors (Lipinski definition) is 6. The van der Waals surface area contributed by atoms with Crippen LogP contribution < -0.4 is 0 Å². The summed E-state index contributed by atoms with van der Waals surface area (Å²) in [5, 5.41) is 3.58. The Morgan fingerprint density at radius 2 is 1.97 bits per heavy atom. The van der Waals surface area contributed by atoms with E-state index in [0.29, 0.717) is 28.9 Å². The Morgan fingerprint density at radius 1 is 1.23 bits per heavy atom. The SMILES string of the molecule is Cc1c(-c2ccc(C(=O)N3CCCC(N4CCOCC4)C3)s2)noc1C(F)(F)F.Cl. The summed E-state index contributed by atoms with van der Waals surface area (Å²) in [6, 6.07) is 3.61. The molecule has 2 saturated heterocycles. The lowest BCUT2D eigenvalue weighted by atomic mass is 10.0. The summed E-state index contributed by atoms with van der Waals surface area (Å²) in [6.07, 6.45) is -2.60. The first-order valence-electron chi connectivity index (χ1n) is 9.59. The topological polar surface area (TPSA) is 58.8 Å². The quantitative estimate of drug-likeness (QED) is 0.683. The number of carbonyl (C=O) groups excluding carboxylic acids is 1. The van der Waals surface area contributed by atoms with Crippen molar-refractivity contribution in [3.05, 3.63) is 28.3 Å². The van der Waals surface area contributed by atoms with Gasteiger partial charge in [0.1, 0.15) is 5.69 Å². The molecule has 1 unspecified atom stereocenters. The van der Waals surface area contributed by atoms with Gasteiger partial charge >= 0.3 is 6.18 Å². The number of carbonyl (C=O) groups is 1. The van der Waals surface area contributed by atoms with Crippen molar-refractivity contribution < 1.29 is 27.2 Å². The van der Waals surface area contributed by atoms with Gasteiger partial charge in [0.15, 0.2) is 0 Å². The van der Waals surface area contributed by atoms with Crippen LogP contribution in [0.4, 0.5) is 13.2 Å². The molecule has 0 N–H and O–H groups in total. The van der Waals surface area contributed by atoms with Crippen LogP contribution in [0.5, 0.6) is 0 Å². The van der Waals surface area contributed by atoms with Crippen LogP contribution in [-0.2, 0) is 10.9 Å². The maximum absolute atomic E-state index is 13.0. The number of hydrogen-bond donors (Lipinski definition) is 0. The molecule has 2 aromatic heterocycles. The molecule has 2 fully saturated rings. The standard InChI is InChI=1S/C19H22F3N3O3S.ClH/c1-12-16(23-28-17(12)19(20,21)22)14-4-5-15(29-14)18(26)25-6-2-3-13(11-25)24-7-9-27-10-8-24;/h4-5,13H,2-3,6-11H2,1H3;1H. The molecule has 0 aromatic carbocycles. The van der Waals surface area contributed by atoms with Crippen molar-refractivity contribution in [2.45, 2.75) is 32.0 Å². The zero-order valence-electron chi connectivity index (χ0n) is 16.4. The number of nitrogens with zero attached hydrogens (tertiary/aromatic N) is 3. The van der Waals surface area contributed by atoms with Crippen molar-refractivity contribution in [2.75, 3.05) is 39.4 Å². The summed E-state index contributed by atoms with van der Waals surface area (Å²) in [5.74, 6) is -1.19. The van der Waals surface area contributed by atoms with Gasteiger partial charge in [0.05, 0.1) is 23.0 Å². The molecule has 0 bridgehead atoms. The number of morpholine rings is 1. The average molecular weight is 466 g/mol. The number of piperidine rings is 1. The highest BCUT2D eigenvalue weighted by atomic mass is 35.5. The van der Waals surface area contributed by atoms with Gasteiger partial charge in [-0.25, -0.2) is 0 Å². The van der Waals surface area contributed by atoms with E-state index in [4.69, 9.17) is 4.74 Å². The van der Waals surface area contributed by atoms with E-state index in [1.807, 2.05) is 4.90 Å². The first-order valence-corrected chi connectivity index (χ1v) is 10.4. The molecule has 2 aliphatic rings. The largest absolute Gasteiger partial charge is 0.452 e. The minimum atomic E-state index is -4.59. The van der Waals surface area contributed by atoms with Crippen LogP contribution in [0.2, 0.25) is 0 Å². The minimum absolute atomic E-state index is 0. The van der Waals surface area contributed by atoms with Gasteiger partial charge in [0.2, 0.25) is 5.76 Å². The third-order valence-corrected chi connectivity index (χ3v) is 6.56. The van der Waals surface area contributed by atoms with E-state index in [1.54, 1.807) is 12.1 Å². The van der Waals surface area contributed by atoms with E-state index < -0.39 is 11.9 Å². The Balaban J connectivity index is 0.00000256. The Bertz CT molecular complexity index is 880. The van der Waals surface area contributed by atoms with Gasteiger partial charge in [-0.05, 0) is 31.9 Å². The lowest BCUT2D eigenvalue weighted by molar-refractivity contribution is -0.156. The second kappa shape index (κ2) is 9.25. The molecule has 6 nitrogen and oxygen atoms in total. The van der Waals surface area contributed by atoms with Crippen LogP contribution in [-0.4, -0.2) is 66.3 Å². The van der Waals surface area contributed by atoms with Crippen LogP contribution in [0.3, 0.4) is 0 Å². The summed E-state index contributed by atoms with van der Waals surface area (Å²) >= 11 is 1.15. The zero-order valence-corrected chi connectivity index (χ0v) is 18.0. The lowest BCUT2D eigenvalue weighted by Gasteiger charge is -2.40. The van der Waals surface area contributed by atoms with E-state index in [2.05, 4.69) is 14.6 Å². The molecule has 11 heteroatoms. The van der Waals surface area contributed by atoms with Crippen LogP contribution >= 0.6 is 23.7 Å². The highest BCUT2D eigenvalue weighted by Crippen LogP contribution is 2.38. The van der Waals surface area contributed by atoms with Crippen molar-refractivity contribution in [1.82, 2.24) is 15.0 Å². The fraction of sp³-hybridized carbons (Fsp3) is 0.579. The van der Waals surface area contributed by atoms with Crippen molar-refractivity contribution in [3.8, 4) is 10.6 Å². The number of likely N-dealkylation sites (tertiary alicyclic amines) is 1. The molecule has 4 rings (SSSR count). The molecule has 4 heterocycles. The average Bonchev–Trinajstić information content (AvgIpc) is 3.34. The molecular weight excluding hydrogens is 443 g/mol. The van der Waals surface area contributed by atoms with Gasteiger partial charge in [-0.2, -0.15) is 13.2 Å². The maximum atomic E-state index is 13.0. The fourth-order valence-electron chi connectivity index (χ4n) is 3.95. The Kier molecular flexibility index (Phi) is 7.11. The van der Waals surface area contributed by atoms with E-state index in [-0.39, 0.29) is 29.6 Å². The maximum Gasteiger partial charge on any atom is 0.452 e. The monoisotopic (exact) mass is 465 g/mol. The first-order chi connectivity index (χ1) is 13.8. The predicted octanol–water partition coefficient (Wildman–Crippen LogP) is 4.09. The summed E-state index contributed by atoms with van der Waals surface area (Å²) in [5.41, 5.74) is 0.0647. The molecule has 1 atom stereocenters. The molecule has 0 aliphatic carbocycles. The molecule has 2 aliphatic heterocycles. The van der Waals surface area contributed by atoms with Gasteiger partial charge in [0.25, 0.3) is 5.91 Å². The van der Waals surface area contributed by atoms with Crippen molar-refractivity contribution in [3.63, 3.8) is 0 Å². The van der Waals surface area contributed by atoms with Crippen molar-refractivity contribution >= 4 is 29.7 Å². The molecule has 0 radical (unpaired) electrons. The Hall–Kier alpha value is -1.62. The van der Waals surface area contributed by atoms with Crippen molar-refractivity contribution in [1.29, 1.82) is 0 Å². The van der Waals surface area contributed by atoms with Crippen LogP contribution in [0.25, 0.3) is 10.6 Å². The molecule has 2 aromatic rings. The Labute approximate surface area is 182 Å². The smallest absolute Gasteiger partial charge is 0.379 e. The third kappa shape index (κ3) is 4.66. The van der Waals surface area contributed by atoms with Gasteiger partial charge in [0, 0.05) is 37.8 Å². The lowest BCUT2D eigenvalue weighted by Crippen LogP contribution is -2.52. The van der Waals surface area contributed by atoms with Gasteiger partial charge in [-0.15, -0.1) is 23.7 Å². The number of ether oxygens (including phenoxy) is 1. The number of halogens is 4. The highest BCUT2D eigenvalue weighted by Gasteiger charge is 2.39. The van der Waals surface area contributed by atoms with Gasteiger partial charge in [-0.1, -0.05) is 5.16 Å². The van der Waals surface area contributed by atoms with E-state index in [1.165, 1.54) is 6.92 Å². The summed E-state index contributed by atoms with van der Waals surface area (Å²) in [4.78, 5) is 18.2. The number of amides is 1. The first kappa shape index (κ1) is 23.1. The second-order valence-corrected chi connectivity index (χ2v) is 8.43. The minimum Gasteiger partial charge on any atom is -0.379 e. The number of thiophene rings is 1. The predicted molar refractivity (Wildman–Crippen MR) is 108 cm³/mol. The normalized spacial score (nSPS) is 20.8. The number of alkyl halides is 3. The summed E-state index contributed by atoms with van der Waals surface area (Å²) in [7, 11) is 0. The van der Waals surface area contributed by atoms with E-state index in [0.717, 1.165) is 50.5 Å². The molecular formula is C19H23ClF3N3O3S. The van der Waals surface area contributed by atoms with Crippen molar-refractivity contribution in [2.24, 2.45) is 0 Å². The van der Waals surface area contributed by atoms with Crippen LogP contribution in [0.1, 0.15) is 33.8 Å². The number of aromatic nitrogens is 1. The summed E-state index contributed by atoms with van der Waals surface area (Å²) < 4.78 is 48.7. The molecule has 166 valence electrons. The molecule has 30 heavy (non-hydrogen) atoms. The molecule has 1 amide bonds. The highest BCUT2D eigenvalue weighted by molar-refractivity contribution is 7.17. The third-order valence-electron chi connectivity index (χ3n) is 5.48. The fourth-order valence-corrected chi connectivity index (χ4v) is 4.96. The second-order valence-electron chi connectivity index (χ2n) is 7.34. The number of rotatable bonds is 3. The van der Waals surface area contributed by atoms with Crippen LogP contribution in [0, 0.1) is 6.92 Å². The molecule has 0 spiro atoms. The zero-order chi connectivity index (χ0) is 20.6. The molecule has 0 saturated carbocycles.